The number of carbonyl (C=O) groups is 1. The van der Waals surface area contributed by atoms with Crippen LogP contribution in [0, 0.1) is 0 Å². The van der Waals surface area contributed by atoms with Crippen LogP contribution in [0.5, 0.6) is 0 Å². The molecule has 0 unspecified atom stereocenters. The van der Waals surface area contributed by atoms with Gasteiger partial charge in [-0.1, -0.05) is 6.92 Å². The van der Waals surface area contributed by atoms with Gasteiger partial charge >= 0.3 is 0 Å². The Balaban J connectivity index is 1.64. The zero-order valence-corrected chi connectivity index (χ0v) is 13.0. The van der Waals surface area contributed by atoms with E-state index in [1.165, 1.54) is 0 Å². The van der Waals surface area contributed by atoms with Crippen LogP contribution in [0.15, 0.2) is 6.20 Å². The molecule has 0 radical (unpaired) electrons. The van der Waals surface area contributed by atoms with E-state index in [-0.39, 0.29) is 5.91 Å². The molecule has 0 bridgehead atoms. The van der Waals surface area contributed by atoms with Crippen LogP contribution in [-0.4, -0.2) is 48.0 Å². The van der Waals surface area contributed by atoms with E-state index in [2.05, 4.69) is 15.7 Å². The van der Waals surface area contributed by atoms with Crippen molar-refractivity contribution in [2.24, 2.45) is 7.05 Å². The SMILES string of the molecule is CCc1nn(C)cc1C(=O)NCCCOC1CCNCC1. The summed E-state index contributed by atoms with van der Waals surface area (Å²) in [7, 11) is 1.84. The zero-order chi connectivity index (χ0) is 15.1. The monoisotopic (exact) mass is 294 g/mol. The third-order valence-electron chi connectivity index (χ3n) is 3.73. The van der Waals surface area contributed by atoms with Crippen molar-refractivity contribution in [1.29, 1.82) is 0 Å². The summed E-state index contributed by atoms with van der Waals surface area (Å²) < 4.78 is 7.50. The minimum Gasteiger partial charge on any atom is -0.378 e. The van der Waals surface area contributed by atoms with Crippen molar-refractivity contribution in [2.45, 2.75) is 38.7 Å². The molecule has 1 aromatic rings. The number of aromatic nitrogens is 2. The van der Waals surface area contributed by atoms with Crippen molar-refractivity contribution in [3.63, 3.8) is 0 Å². The first-order valence-corrected chi connectivity index (χ1v) is 7.83. The fourth-order valence-corrected chi connectivity index (χ4v) is 2.57. The maximum Gasteiger partial charge on any atom is 0.254 e. The summed E-state index contributed by atoms with van der Waals surface area (Å²) >= 11 is 0. The van der Waals surface area contributed by atoms with Gasteiger partial charge < -0.3 is 15.4 Å². The third kappa shape index (κ3) is 4.82. The number of nitrogens with one attached hydrogen (secondary N) is 2. The van der Waals surface area contributed by atoms with Crippen LogP contribution in [0.25, 0.3) is 0 Å². The van der Waals surface area contributed by atoms with Crippen LogP contribution >= 0.6 is 0 Å². The third-order valence-corrected chi connectivity index (χ3v) is 3.73. The molecule has 2 N–H and O–H groups in total. The molecule has 1 aliphatic rings. The molecule has 0 aliphatic carbocycles. The van der Waals surface area contributed by atoms with Gasteiger partial charge in [0, 0.05) is 26.4 Å². The smallest absolute Gasteiger partial charge is 0.254 e. The summed E-state index contributed by atoms with van der Waals surface area (Å²) in [6.45, 7) is 5.44. The average Bonchev–Trinajstić information content (AvgIpc) is 2.89. The van der Waals surface area contributed by atoms with Crippen molar-refractivity contribution in [3.8, 4) is 0 Å². The Bertz CT molecular complexity index is 453. The first-order chi connectivity index (χ1) is 10.2. The van der Waals surface area contributed by atoms with Crippen molar-refractivity contribution in [2.75, 3.05) is 26.2 Å². The molecule has 1 aliphatic heterocycles. The minimum atomic E-state index is -0.0400. The predicted molar refractivity (Wildman–Crippen MR) is 81.4 cm³/mol. The lowest BCUT2D eigenvalue weighted by Gasteiger charge is -2.22. The number of piperidine rings is 1. The summed E-state index contributed by atoms with van der Waals surface area (Å²) in [6, 6.07) is 0. The Kier molecular flexibility index (Phi) is 6.20. The molecule has 2 heterocycles. The number of amides is 1. The van der Waals surface area contributed by atoms with E-state index in [0.29, 0.717) is 24.8 Å². The molecule has 2 rings (SSSR count). The molecule has 1 saturated heterocycles. The molecule has 0 saturated carbocycles. The molecule has 1 fully saturated rings. The lowest BCUT2D eigenvalue weighted by Crippen LogP contribution is -2.33. The molecule has 0 aromatic carbocycles. The zero-order valence-electron chi connectivity index (χ0n) is 13.0. The molecule has 118 valence electrons. The van der Waals surface area contributed by atoms with Crippen LogP contribution in [0.4, 0.5) is 0 Å². The lowest BCUT2D eigenvalue weighted by atomic mass is 10.1. The quantitative estimate of drug-likeness (QED) is 0.732. The number of rotatable bonds is 7. The van der Waals surface area contributed by atoms with E-state index in [9.17, 15) is 4.79 Å². The molecule has 0 atom stereocenters. The van der Waals surface area contributed by atoms with Crippen molar-refractivity contribution in [1.82, 2.24) is 20.4 Å². The second-order valence-corrected chi connectivity index (χ2v) is 5.45. The van der Waals surface area contributed by atoms with Gasteiger partial charge in [-0.15, -0.1) is 0 Å². The Morgan fingerprint density at radius 3 is 3.00 bits per heavy atom. The van der Waals surface area contributed by atoms with Crippen LogP contribution in [-0.2, 0) is 18.2 Å². The van der Waals surface area contributed by atoms with Crippen LogP contribution < -0.4 is 10.6 Å². The van der Waals surface area contributed by atoms with Gasteiger partial charge in [-0.25, -0.2) is 0 Å². The number of nitrogens with zero attached hydrogens (tertiary/aromatic N) is 2. The van der Waals surface area contributed by atoms with Gasteiger partial charge in [-0.05, 0) is 38.8 Å². The highest BCUT2D eigenvalue weighted by atomic mass is 16.5. The molecule has 6 nitrogen and oxygen atoms in total. The van der Waals surface area contributed by atoms with Gasteiger partial charge in [-0.3, -0.25) is 9.48 Å². The molecule has 1 aromatic heterocycles. The van der Waals surface area contributed by atoms with Crippen molar-refractivity contribution in [3.05, 3.63) is 17.5 Å². The number of ether oxygens (including phenoxy) is 1. The highest BCUT2D eigenvalue weighted by Gasteiger charge is 2.14. The topological polar surface area (TPSA) is 68.2 Å². The van der Waals surface area contributed by atoms with E-state index in [0.717, 1.165) is 44.5 Å². The van der Waals surface area contributed by atoms with E-state index >= 15 is 0 Å². The Hall–Kier alpha value is -1.40. The summed E-state index contributed by atoms with van der Waals surface area (Å²) in [5.74, 6) is -0.0400. The Morgan fingerprint density at radius 1 is 1.52 bits per heavy atom. The van der Waals surface area contributed by atoms with E-state index in [1.54, 1.807) is 10.9 Å². The highest BCUT2D eigenvalue weighted by Crippen LogP contribution is 2.08. The van der Waals surface area contributed by atoms with Crippen LogP contribution in [0.3, 0.4) is 0 Å². The minimum absolute atomic E-state index is 0.0400. The van der Waals surface area contributed by atoms with Crippen molar-refractivity contribution < 1.29 is 9.53 Å². The second kappa shape index (κ2) is 8.14. The summed E-state index contributed by atoms with van der Waals surface area (Å²) in [5.41, 5.74) is 1.53. The standard InChI is InChI=1S/C15H26N4O2/c1-3-14-13(11-19(2)18-14)15(20)17-7-4-10-21-12-5-8-16-9-6-12/h11-12,16H,3-10H2,1-2H3,(H,17,20). The van der Waals surface area contributed by atoms with Gasteiger partial charge in [0.1, 0.15) is 0 Å². The highest BCUT2D eigenvalue weighted by molar-refractivity contribution is 5.95. The maximum absolute atomic E-state index is 12.1. The molecule has 0 spiro atoms. The van der Waals surface area contributed by atoms with E-state index in [4.69, 9.17) is 4.74 Å². The fraction of sp³-hybridized carbons (Fsp3) is 0.733. The first kappa shape index (κ1) is 16.0. The Morgan fingerprint density at radius 2 is 2.29 bits per heavy atom. The Labute approximate surface area is 126 Å². The number of carbonyl (C=O) groups excluding carboxylic acids is 1. The summed E-state index contributed by atoms with van der Waals surface area (Å²) in [5, 5.41) is 10.5. The molecule has 6 heteroatoms. The molecular formula is C15H26N4O2. The lowest BCUT2D eigenvalue weighted by molar-refractivity contribution is 0.0318. The van der Waals surface area contributed by atoms with Gasteiger partial charge in [0.05, 0.1) is 17.4 Å². The van der Waals surface area contributed by atoms with E-state index < -0.39 is 0 Å². The van der Waals surface area contributed by atoms with Gasteiger partial charge in [0.2, 0.25) is 0 Å². The number of hydrogen-bond donors (Lipinski definition) is 2. The summed E-state index contributed by atoms with van der Waals surface area (Å²) in [6.07, 6.45) is 5.94. The normalized spacial score (nSPS) is 16.1. The molecule has 1 amide bonds. The fourth-order valence-electron chi connectivity index (χ4n) is 2.57. The predicted octanol–water partition coefficient (Wildman–Crippen LogP) is 0.871. The first-order valence-electron chi connectivity index (χ1n) is 7.83. The van der Waals surface area contributed by atoms with Gasteiger partial charge in [0.25, 0.3) is 5.91 Å². The van der Waals surface area contributed by atoms with Gasteiger partial charge in [0.15, 0.2) is 0 Å². The number of aryl methyl sites for hydroxylation is 2. The molecular weight excluding hydrogens is 268 g/mol. The van der Waals surface area contributed by atoms with Crippen LogP contribution in [0.1, 0.15) is 42.2 Å². The van der Waals surface area contributed by atoms with E-state index in [1.807, 2.05) is 14.0 Å². The number of hydrogen-bond acceptors (Lipinski definition) is 4. The van der Waals surface area contributed by atoms with Crippen LogP contribution in [0.2, 0.25) is 0 Å². The van der Waals surface area contributed by atoms with Crippen molar-refractivity contribution >= 4 is 5.91 Å². The average molecular weight is 294 g/mol. The largest absolute Gasteiger partial charge is 0.378 e. The second-order valence-electron chi connectivity index (χ2n) is 5.45. The molecule has 21 heavy (non-hydrogen) atoms. The summed E-state index contributed by atoms with van der Waals surface area (Å²) in [4.78, 5) is 12.1. The van der Waals surface area contributed by atoms with Gasteiger partial charge in [-0.2, -0.15) is 5.10 Å². The maximum atomic E-state index is 12.1.